The first kappa shape index (κ1) is 25.6. The lowest BCUT2D eigenvalue weighted by atomic mass is 10.0. The van der Waals surface area contributed by atoms with Gasteiger partial charge in [-0.3, -0.25) is 4.79 Å². The number of carbonyl (C=O) groups excluding carboxylic acids is 1. The molecular weight excluding hydrogens is 437 g/mol. The number of nitrogens with zero attached hydrogens (tertiary/aromatic N) is 4. The lowest BCUT2D eigenvalue weighted by Crippen LogP contribution is -2.39. The number of hydrogen-bond acceptors (Lipinski definition) is 6. The van der Waals surface area contributed by atoms with Crippen LogP contribution in [0.4, 0.5) is 9.52 Å². The average Bonchev–Trinajstić information content (AvgIpc) is 3.27. The Morgan fingerprint density at radius 3 is 2.82 bits per heavy atom. The van der Waals surface area contributed by atoms with E-state index in [0.29, 0.717) is 25.4 Å². The molecule has 2 aromatic rings. The van der Waals surface area contributed by atoms with Crippen molar-refractivity contribution in [2.24, 2.45) is 0 Å². The maximum atomic E-state index is 13.1. The van der Waals surface area contributed by atoms with Gasteiger partial charge in [-0.1, -0.05) is 31.9 Å². The molecule has 3 rings (SSSR count). The van der Waals surface area contributed by atoms with Gasteiger partial charge in [0.05, 0.1) is 0 Å². The van der Waals surface area contributed by atoms with Crippen molar-refractivity contribution in [2.75, 3.05) is 37.6 Å². The number of unbranched alkanes of at least 4 members (excludes halogenated alkanes) is 1. The summed E-state index contributed by atoms with van der Waals surface area (Å²) in [4.78, 5) is 21.8. The first-order valence-corrected chi connectivity index (χ1v) is 13.1. The molecule has 1 atom stereocenters. The zero-order valence-electron chi connectivity index (χ0n) is 20.1. The molecule has 0 saturated carbocycles. The SMILES string of the molecule is CCCCN(CCC(=O)NCCCN1CCCCC1C)c1nc(Cc2ccc(F)cc2)ns1. The van der Waals surface area contributed by atoms with Crippen molar-refractivity contribution in [3.8, 4) is 0 Å². The number of piperidine rings is 1. The van der Waals surface area contributed by atoms with E-state index in [1.807, 2.05) is 0 Å². The summed E-state index contributed by atoms with van der Waals surface area (Å²) in [5.74, 6) is 0.592. The van der Waals surface area contributed by atoms with Crippen LogP contribution >= 0.6 is 11.5 Å². The van der Waals surface area contributed by atoms with E-state index in [-0.39, 0.29) is 11.7 Å². The Hall–Kier alpha value is -2.06. The Labute approximate surface area is 201 Å². The van der Waals surface area contributed by atoms with Gasteiger partial charge in [0.25, 0.3) is 0 Å². The van der Waals surface area contributed by atoms with Crippen molar-refractivity contribution in [3.63, 3.8) is 0 Å². The molecule has 33 heavy (non-hydrogen) atoms. The standard InChI is InChI=1S/C25H38FN5OS/c1-3-4-15-31(25-28-23(29-33-25)19-21-9-11-22(26)12-10-21)18-13-24(32)27-14-7-17-30-16-6-5-8-20(30)2/h9-12,20H,3-8,13-19H2,1-2H3,(H,27,32). The highest BCUT2D eigenvalue weighted by Crippen LogP contribution is 2.20. The van der Waals surface area contributed by atoms with Gasteiger partial charge in [-0.25, -0.2) is 9.37 Å². The molecule has 0 radical (unpaired) electrons. The Kier molecular flexibility index (Phi) is 10.5. The minimum atomic E-state index is -0.240. The van der Waals surface area contributed by atoms with E-state index in [9.17, 15) is 9.18 Å². The number of halogens is 1. The summed E-state index contributed by atoms with van der Waals surface area (Å²) in [7, 11) is 0. The molecule has 1 aromatic heterocycles. The van der Waals surface area contributed by atoms with Crippen molar-refractivity contribution >= 4 is 22.6 Å². The average molecular weight is 476 g/mol. The third-order valence-corrected chi connectivity index (χ3v) is 7.09. The van der Waals surface area contributed by atoms with Crippen LogP contribution in [0.2, 0.25) is 0 Å². The number of amides is 1. The molecule has 182 valence electrons. The Bertz CT molecular complexity index is 844. The van der Waals surface area contributed by atoms with Crippen molar-refractivity contribution in [1.82, 2.24) is 19.6 Å². The maximum Gasteiger partial charge on any atom is 0.221 e. The molecule has 1 aromatic carbocycles. The third kappa shape index (κ3) is 8.66. The smallest absolute Gasteiger partial charge is 0.221 e. The molecule has 1 N–H and O–H groups in total. The normalized spacial score (nSPS) is 16.6. The van der Waals surface area contributed by atoms with E-state index in [2.05, 4.69) is 33.3 Å². The second kappa shape index (κ2) is 13.6. The molecule has 1 saturated heterocycles. The molecule has 8 heteroatoms. The summed E-state index contributed by atoms with van der Waals surface area (Å²) in [6.07, 6.45) is 8.08. The van der Waals surface area contributed by atoms with Gasteiger partial charge in [0.2, 0.25) is 11.0 Å². The lowest BCUT2D eigenvalue weighted by molar-refractivity contribution is -0.120. The van der Waals surface area contributed by atoms with Gasteiger partial charge in [-0.05, 0) is 56.8 Å². The fraction of sp³-hybridized carbons (Fsp3) is 0.640. The minimum Gasteiger partial charge on any atom is -0.356 e. The van der Waals surface area contributed by atoms with Gasteiger partial charge in [-0.15, -0.1) is 0 Å². The minimum absolute atomic E-state index is 0.0965. The quantitative estimate of drug-likeness (QED) is 0.428. The van der Waals surface area contributed by atoms with Crippen LogP contribution in [0.25, 0.3) is 0 Å². The molecule has 6 nitrogen and oxygen atoms in total. The summed E-state index contributed by atoms with van der Waals surface area (Å²) >= 11 is 1.37. The lowest BCUT2D eigenvalue weighted by Gasteiger charge is -2.33. The van der Waals surface area contributed by atoms with Gasteiger partial charge in [-0.2, -0.15) is 4.37 Å². The second-order valence-electron chi connectivity index (χ2n) is 8.97. The Balaban J connectivity index is 1.43. The number of hydrogen-bond donors (Lipinski definition) is 1. The topological polar surface area (TPSA) is 61.4 Å². The zero-order chi connectivity index (χ0) is 23.5. The first-order chi connectivity index (χ1) is 16.0. The summed E-state index contributed by atoms with van der Waals surface area (Å²) in [5, 5.41) is 3.94. The highest BCUT2D eigenvalue weighted by molar-refractivity contribution is 7.09. The van der Waals surface area contributed by atoms with Crippen LogP contribution in [0.1, 0.15) is 70.2 Å². The second-order valence-corrected chi connectivity index (χ2v) is 9.70. The number of likely N-dealkylation sites (tertiary alicyclic amines) is 1. The molecule has 2 heterocycles. The van der Waals surface area contributed by atoms with Crippen molar-refractivity contribution in [2.45, 2.75) is 71.3 Å². The van der Waals surface area contributed by atoms with Crippen LogP contribution < -0.4 is 10.2 Å². The molecule has 1 fully saturated rings. The first-order valence-electron chi connectivity index (χ1n) is 12.4. The molecule has 1 amide bonds. The van der Waals surface area contributed by atoms with Crippen LogP contribution in [-0.2, 0) is 11.2 Å². The monoisotopic (exact) mass is 475 g/mol. The predicted octanol–water partition coefficient (Wildman–Crippen LogP) is 4.65. The van der Waals surface area contributed by atoms with Gasteiger partial charge in [0.1, 0.15) is 11.6 Å². The highest BCUT2D eigenvalue weighted by Gasteiger charge is 2.18. The van der Waals surface area contributed by atoms with Crippen LogP contribution in [0.5, 0.6) is 0 Å². The largest absolute Gasteiger partial charge is 0.356 e. The highest BCUT2D eigenvalue weighted by atomic mass is 32.1. The van der Waals surface area contributed by atoms with E-state index >= 15 is 0 Å². The van der Waals surface area contributed by atoms with Crippen molar-refractivity contribution in [3.05, 3.63) is 41.5 Å². The van der Waals surface area contributed by atoms with Crippen LogP contribution in [0.3, 0.4) is 0 Å². The maximum absolute atomic E-state index is 13.1. The van der Waals surface area contributed by atoms with Gasteiger partial charge < -0.3 is 15.1 Å². The van der Waals surface area contributed by atoms with Gasteiger partial charge in [0.15, 0.2) is 0 Å². The number of benzene rings is 1. The molecule has 0 bridgehead atoms. The molecular formula is C25H38FN5OS. The van der Waals surface area contributed by atoms with Crippen LogP contribution in [0.15, 0.2) is 24.3 Å². The fourth-order valence-electron chi connectivity index (χ4n) is 4.21. The Morgan fingerprint density at radius 1 is 1.24 bits per heavy atom. The van der Waals surface area contributed by atoms with Crippen LogP contribution in [0, 0.1) is 5.82 Å². The molecule has 0 spiro atoms. The Morgan fingerprint density at radius 2 is 2.06 bits per heavy atom. The molecule has 1 unspecified atom stereocenters. The van der Waals surface area contributed by atoms with Crippen molar-refractivity contribution < 1.29 is 9.18 Å². The van der Waals surface area contributed by atoms with Crippen LogP contribution in [-0.4, -0.2) is 58.9 Å². The summed E-state index contributed by atoms with van der Waals surface area (Å²) in [5.41, 5.74) is 0.985. The number of nitrogens with one attached hydrogen (secondary N) is 1. The van der Waals surface area contributed by atoms with Gasteiger partial charge >= 0.3 is 0 Å². The molecule has 0 aliphatic carbocycles. The van der Waals surface area contributed by atoms with Gasteiger partial charge in [0, 0.05) is 56.6 Å². The summed E-state index contributed by atoms with van der Waals surface area (Å²) < 4.78 is 17.6. The number of anilines is 1. The third-order valence-electron chi connectivity index (χ3n) is 6.28. The summed E-state index contributed by atoms with van der Waals surface area (Å²) in [6.45, 7) is 8.95. The van der Waals surface area contributed by atoms with E-state index in [4.69, 9.17) is 4.98 Å². The number of carbonyl (C=O) groups is 1. The van der Waals surface area contributed by atoms with E-state index in [0.717, 1.165) is 55.4 Å². The predicted molar refractivity (Wildman–Crippen MR) is 133 cm³/mol. The summed E-state index contributed by atoms with van der Waals surface area (Å²) in [6, 6.07) is 7.12. The zero-order valence-corrected chi connectivity index (χ0v) is 20.9. The number of aromatic nitrogens is 2. The van der Waals surface area contributed by atoms with E-state index < -0.39 is 0 Å². The molecule has 1 aliphatic rings. The van der Waals surface area contributed by atoms with Crippen molar-refractivity contribution in [1.29, 1.82) is 0 Å². The van der Waals surface area contributed by atoms with E-state index in [1.54, 1.807) is 12.1 Å². The number of rotatable bonds is 13. The molecule has 1 aliphatic heterocycles. The van der Waals surface area contributed by atoms with E-state index in [1.165, 1.54) is 49.5 Å². The fourth-order valence-corrected chi connectivity index (χ4v) is 4.94.